The second kappa shape index (κ2) is 7.16. The van der Waals surface area contributed by atoms with Crippen LogP contribution in [-0.4, -0.2) is 26.0 Å². The molecule has 0 radical (unpaired) electrons. The third kappa shape index (κ3) is 9.49. The Morgan fingerprint density at radius 3 is 1.58 bits per heavy atom. The monoisotopic (exact) mass is 195 g/mol. The minimum absolute atomic E-state index is 0.167. The van der Waals surface area contributed by atoms with Crippen LogP contribution < -0.4 is 0 Å². The van der Waals surface area contributed by atoms with Crippen molar-refractivity contribution in [3.05, 3.63) is 0 Å². The molecule has 0 rings (SSSR count). The second-order valence-corrected chi connectivity index (χ2v) is 4.01. The van der Waals surface area contributed by atoms with Gasteiger partial charge >= 0.3 is 7.60 Å². The Balaban J connectivity index is 0. The van der Waals surface area contributed by atoms with Crippen LogP contribution in [0, 0.1) is 5.41 Å². The molecule has 12 heavy (non-hydrogen) atoms. The van der Waals surface area contributed by atoms with E-state index in [1.54, 1.807) is 0 Å². The molecule has 0 aromatic heterocycles. The molecule has 1 N–H and O–H groups in total. The SMILES string of the molecule is CC(C)=O.COP(=O)(C=N)OC. The second-order valence-electron chi connectivity index (χ2n) is 1.94. The van der Waals surface area contributed by atoms with Gasteiger partial charge in [-0.2, -0.15) is 0 Å². The van der Waals surface area contributed by atoms with Crippen molar-refractivity contribution in [2.45, 2.75) is 13.8 Å². The van der Waals surface area contributed by atoms with Crippen LogP contribution in [-0.2, 0) is 18.4 Å². The average Bonchev–Trinajstić information content (AvgIpc) is 2.02. The molecule has 0 atom stereocenters. The third-order valence-corrected chi connectivity index (χ3v) is 2.00. The Bertz CT molecular complexity index is 180. The highest BCUT2D eigenvalue weighted by Gasteiger charge is 2.14. The Kier molecular flexibility index (Phi) is 8.37. The van der Waals surface area contributed by atoms with Gasteiger partial charge in [-0.05, 0) is 13.8 Å². The van der Waals surface area contributed by atoms with Gasteiger partial charge in [-0.15, -0.1) is 0 Å². The lowest BCUT2D eigenvalue weighted by Gasteiger charge is -2.04. The quantitative estimate of drug-likeness (QED) is 0.549. The standard InChI is InChI=1S/C3H8NO3P.C3H6O/c1-6-8(5,3-4)7-2;1-3(2)4/h3-4H,1-2H3;1-2H3. The Morgan fingerprint density at radius 2 is 1.58 bits per heavy atom. The third-order valence-electron chi connectivity index (χ3n) is 0.667. The number of nitrogens with one attached hydrogen (secondary N) is 1. The van der Waals surface area contributed by atoms with Gasteiger partial charge in [-0.3, -0.25) is 4.57 Å². The highest BCUT2D eigenvalue weighted by Crippen LogP contribution is 2.42. The minimum atomic E-state index is -3.12. The van der Waals surface area contributed by atoms with Crippen molar-refractivity contribution in [1.82, 2.24) is 0 Å². The highest BCUT2D eigenvalue weighted by molar-refractivity contribution is 7.69. The van der Waals surface area contributed by atoms with Gasteiger partial charge in [-0.25, -0.2) is 0 Å². The summed E-state index contributed by atoms with van der Waals surface area (Å²) >= 11 is 0. The first-order valence-electron chi connectivity index (χ1n) is 3.12. The predicted molar refractivity (Wildman–Crippen MR) is 46.8 cm³/mol. The van der Waals surface area contributed by atoms with E-state index in [4.69, 9.17) is 5.41 Å². The number of carbonyl (C=O) groups is 1. The molecule has 0 unspecified atom stereocenters. The number of Topliss-reactive ketones (excluding diaryl/α,β-unsaturated/α-hetero) is 1. The first-order chi connectivity index (χ1) is 5.41. The summed E-state index contributed by atoms with van der Waals surface area (Å²) in [5.74, 6) is 0.826. The number of carbonyl (C=O) groups excluding carboxylic acids is 1. The van der Waals surface area contributed by atoms with E-state index in [1.165, 1.54) is 28.1 Å². The molecule has 0 aliphatic carbocycles. The average molecular weight is 195 g/mol. The van der Waals surface area contributed by atoms with E-state index >= 15 is 0 Å². The molecule has 0 aromatic carbocycles. The van der Waals surface area contributed by atoms with E-state index in [0.29, 0.717) is 5.96 Å². The van der Waals surface area contributed by atoms with Gasteiger partial charge < -0.3 is 19.3 Å². The van der Waals surface area contributed by atoms with Gasteiger partial charge in [-0.1, -0.05) is 0 Å². The molecular weight excluding hydrogens is 181 g/mol. The molecule has 5 nitrogen and oxygen atoms in total. The van der Waals surface area contributed by atoms with Gasteiger partial charge in [0.25, 0.3) is 0 Å². The summed E-state index contributed by atoms with van der Waals surface area (Å²) in [5, 5.41) is 6.52. The van der Waals surface area contributed by atoms with Crippen molar-refractivity contribution in [2.24, 2.45) is 0 Å². The van der Waals surface area contributed by atoms with Crippen molar-refractivity contribution in [3.8, 4) is 0 Å². The Labute approximate surface area is 72.1 Å². The maximum atomic E-state index is 10.6. The molecule has 0 aliphatic heterocycles. The van der Waals surface area contributed by atoms with Gasteiger partial charge in [0.2, 0.25) is 0 Å². The summed E-state index contributed by atoms with van der Waals surface area (Å²) in [4.78, 5) is 9.44. The molecule has 0 heterocycles. The molecule has 6 heteroatoms. The summed E-state index contributed by atoms with van der Waals surface area (Å²) in [6.45, 7) is 3.06. The van der Waals surface area contributed by atoms with Crippen LogP contribution in [0.2, 0.25) is 0 Å². The molecule has 72 valence electrons. The van der Waals surface area contributed by atoms with Crippen molar-refractivity contribution < 1.29 is 18.4 Å². The van der Waals surface area contributed by atoms with Crippen molar-refractivity contribution in [1.29, 1.82) is 5.41 Å². The predicted octanol–water partition coefficient (Wildman–Crippen LogP) is 1.67. The molecule has 0 spiro atoms. The van der Waals surface area contributed by atoms with Crippen LogP contribution in [0.4, 0.5) is 0 Å². The van der Waals surface area contributed by atoms with Crippen LogP contribution in [0.25, 0.3) is 0 Å². The maximum Gasteiger partial charge on any atom is 0.370 e. The smallest absolute Gasteiger partial charge is 0.308 e. The zero-order chi connectivity index (χ0) is 10.2. The summed E-state index contributed by atoms with van der Waals surface area (Å²) < 4.78 is 19.3. The molecule has 0 amide bonds. The number of rotatable bonds is 3. The van der Waals surface area contributed by atoms with Crippen molar-refractivity contribution in [3.63, 3.8) is 0 Å². The fraction of sp³-hybridized carbons (Fsp3) is 0.667. The van der Waals surface area contributed by atoms with Crippen LogP contribution in [0.3, 0.4) is 0 Å². The first-order valence-corrected chi connectivity index (χ1v) is 4.73. The zero-order valence-electron chi connectivity index (χ0n) is 7.66. The van der Waals surface area contributed by atoms with Crippen LogP contribution in [0.1, 0.15) is 13.8 Å². The van der Waals surface area contributed by atoms with E-state index in [1.807, 2.05) is 0 Å². The Morgan fingerprint density at radius 1 is 1.33 bits per heavy atom. The van der Waals surface area contributed by atoms with Gasteiger partial charge in [0.1, 0.15) is 11.7 Å². The van der Waals surface area contributed by atoms with Crippen LogP contribution >= 0.6 is 7.60 Å². The zero-order valence-corrected chi connectivity index (χ0v) is 8.55. The summed E-state index contributed by atoms with van der Waals surface area (Å²) in [5.41, 5.74) is 0. The molecular formula is C6H14NO4P. The molecule has 0 fully saturated rings. The first kappa shape index (κ1) is 14.0. The summed E-state index contributed by atoms with van der Waals surface area (Å²) in [7, 11) is -0.657. The number of ketones is 1. The molecule has 0 aromatic rings. The van der Waals surface area contributed by atoms with E-state index in [-0.39, 0.29) is 5.78 Å². The maximum absolute atomic E-state index is 10.6. The van der Waals surface area contributed by atoms with Gasteiger partial charge in [0.05, 0.1) is 0 Å². The highest BCUT2D eigenvalue weighted by atomic mass is 31.2. The minimum Gasteiger partial charge on any atom is -0.308 e. The fourth-order valence-corrected chi connectivity index (χ4v) is 0.540. The van der Waals surface area contributed by atoms with E-state index in [9.17, 15) is 9.36 Å². The van der Waals surface area contributed by atoms with Crippen LogP contribution in [0.15, 0.2) is 0 Å². The lowest BCUT2D eigenvalue weighted by molar-refractivity contribution is -0.114. The normalized spacial score (nSPS) is 9.67. The van der Waals surface area contributed by atoms with E-state index < -0.39 is 7.60 Å². The molecule has 0 saturated heterocycles. The van der Waals surface area contributed by atoms with Crippen molar-refractivity contribution in [2.75, 3.05) is 14.2 Å². The van der Waals surface area contributed by atoms with E-state index in [0.717, 1.165) is 0 Å². The number of hydrogen-bond donors (Lipinski definition) is 1. The topological polar surface area (TPSA) is 76.5 Å². The fourth-order valence-electron chi connectivity index (χ4n) is 0.180. The lowest BCUT2D eigenvalue weighted by Crippen LogP contribution is -1.86. The molecule has 0 aliphatic rings. The Hall–Kier alpha value is -0.510. The lowest BCUT2D eigenvalue weighted by atomic mass is 10.6. The number of hydrogen-bond acceptors (Lipinski definition) is 5. The molecule has 0 bridgehead atoms. The van der Waals surface area contributed by atoms with E-state index in [2.05, 4.69) is 9.05 Å². The van der Waals surface area contributed by atoms with Crippen molar-refractivity contribution >= 4 is 19.3 Å². The largest absolute Gasteiger partial charge is 0.370 e. The summed E-state index contributed by atoms with van der Waals surface area (Å²) in [6.07, 6.45) is 0. The van der Waals surface area contributed by atoms with Gasteiger partial charge in [0, 0.05) is 14.2 Å². The molecule has 0 saturated carbocycles. The van der Waals surface area contributed by atoms with Crippen LogP contribution in [0.5, 0.6) is 0 Å². The summed E-state index contributed by atoms with van der Waals surface area (Å²) in [6, 6.07) is 0. The van der Waals surface area contributed by atoms with Gasteiger partial charge in [0.15, 0.2) is 0 Å².